The number of nitrogens with zero attached hydrogens (tertiary/aromatic N) is 1. The molecule has 0 saturated heterocycles. The van der Waals surface area contributed by atoms with Gasteiger partial charge in [-0.25, -0.2) is 8.42 Å². The number of carbonyl (C=O) groups excluding carboxylic acids is 1. The van der Waals surface area contributed by atoms with Gasteiger partial charge in [0.15, 0.2) is 0 Å². The molecule has 0 saturated carbocycles. The summed E-state index contributed by atoms with van der Waals surface area (Å²) in [6.45, 7) is 5.55. The van der Waals surface area contributed by atoms with Crippen molar-refractivity contribution in [3.63, 3.8) is 0 Å². The minimum Gasteiger partial charge on any atom is -0.487 e. The summed E-state index contributed by atoms with van der Waals surface area (Å²) in [5.74, 6) is 0.376. The van der Waals surface area contributed by atoms with Gasteiger partial charge in [0.1, 0.15) is 17.9 Å². The number of halogens is 1. The molecule has 1 aliphatic rings. The number of carbonyl (C=O) groups is 1. The predicted octanol–water partition coefficient (Wildman–Crippen LogP) is 4.61. The van der Waals surface area contributed by atoms with Crippen molar-refractivity contribution in [3.8, 4) is 5.75 Å². The number of amides is 1. The van der Waals surface area contributed by atoms with E-state index in [4.69, 9.17) is 16.3 Å². The number of rotatable bonds is 7. The molecule has 6 nitrogen and oxygen atoms in total. The van der Waals surface area contributed by atoms with E-state index in [1.165, 1.54) is 0 Å². The molecule has 1 aliphatic heterocycles. The molecule has 0 aliphatic carbocycles. The third-order valence-corrected chi connectivity index (χ3v) is 7.55. The molecule has 0 fully saturated rings. The number of hydrogen-bond donors (Lipinski definition) is 1. The Morgan fingerprint density at radius 3 is 2.52 bits per heavy atom. The number of anilines is 1. The third kappa shape index (κ3) is 4.99. The fraction of sp³-hybridized carbons (Fsp3) is 0.435. The molecule has 0 spiro atoms. The Balaban J connectivity index is 1.88. The normalized spacial score (nSPS) is 17.4. The Morgan fingerprint density at radius 1 is 1.19 bits per heavy atom. The van der Waals surface area contributed by atoms with E-state index in [9.17, 15) is 13.2 Å². The first-order chi connectivity index (χ1) is 14.6. The first-order valence-electron chi connectivity index (χ1n) is 10.4. The summed E-state index contributed by atoms with van der Waals surface area (Å²) in [7, 11) is -3.70. The summed E-state index contributed by atoms with van der Waals surface area (Å²) in [5.41, 5.74) is 1.54. The zero-order chi connectivity index (χ0) is 22.8. The zero-order valence-corrected chi connectivity index (χ0v) is 19.9. The van der Waals surface area contributed by atoms with Crippen LogP contribution >= 0.6 is 11.6 Å². The predicted molar refractivity (Wildman–Crippen MR) is 124 cm³/mol. The molecule has 0 aromatic heterocycles. The fourth-order valence-corrected chi connectivity index (χ4v) is 5.12. The van der Waals surface area contributed by atoms with Crippen LogP contribution in [0.1, 0.15) is 50.3 Å². The van der Waals surface area contributed by atoms with Crippen molar-refractivity contribution in [1.82, 2.24) is 5.32 Å². The highest BCUT2D eigenvalue weighted by Crippen LogP contribution is 2.42. The SMILES string of the molecule is CCC1(CC)CC(NC(=O)CN(c2cccc(Cl)c2C)S(C)(=O)=O)c2ccccc2O1. The Kier molecular flexibility index (Phi) is 6.86. The smallest absolute Gasteiger partial charge is 0.241 e. The van der Waals surface area contributed by atoms with Crippen molar-refractivity contribution in [2.45, 2.75) is 51.7 Å². The summed E-state index contributed by atoms with van der Waals surface area (Å²) in [6.07, 6.45) is 3.32. The fourth-order valence-electron chi connectivity index (χ4n) is 4.05. The molecule has 3 rings (SSSR count). The number of sulfonamides is 1. The van der Waals surface area contributed by atoms with Gasteiger partial charge in [-0.1, -0.05) is 49.7 Å². The van der Waals surface area contributed by atoms with Crippen LogP contribution < -0.4 is 14.4 Å². The van der Waals surface area contributed by atoms with Crippen LogP contribution in [-0.4, -0.2) is 32.7 Å². The van der Waals surface area contributed by atoms with E-state index < -0.39 is 10.0 Å². The lowest BCUT2D eigenvalue weighted by molar-refractivity contribution is -0.121. The summed E-state index contributed by atoms with van der Waals surface area (Å²) in [4.78, 5) is 13.0. The van der Waals surface area contributed by atoms with Crippen LogP contribution in [0.25, 0.3) is 0 Å². The number of hydrogen-bond acceptors (Lipinski definition) is 4. The zero-order valence-electron chi connectivity index (χ0n) is 18.3. The van der Waals surface area contributed by atoms with Crippen molar-refractivity contribution in [2.24, 2.45) is 0 Å². The monoisotopic (exact) mass is 464 g/mol. The molecule has 0 radical (unpaired) electrons. The molecule has 1 N–H and O–H groups in total. The molecular weight excluding hydrogens is 436 g/mol. The van der Waals surface area contributed by atoms with Crippen LogP contribution in [0.2, 0.25) is 5.02 Å². The Hall–Kier alpha value is -2.25. The highest BCUT2D eigenvalue weighted by atomic mass is 35.5. The Labute approximate surface area is 189 Å². The molecule has 1 heterocycles. The third-order valence-electron chi connectivity index (χ3n) is 6.02. The molecule has 1 atom stereocenters. The average molecular weight is 465 g/mol. The van der Waals surface area contributed by atoms with E-state index in [1.807, 2.05) is 24.3 Å². The van der Waals surface area contributed by atoms with E-state index in [0.29, 0.717) is 22.7 Å². The van der Waals surface area contributed by atoms with Crippen molar-refractivity contribution in [3.05, 3.63) is 58.6 Å². The Bertz CT molecular complexity index is 1070. The van der Waals surface area contributed by atoms with Crippen molar-refractivity contribution in [2.75, 3.05) is 17.1 Å². The lowest BCUT2D eigenvalue weighted by Gasteiger charge is -2.41. The molecule has 1 amide bonds. The summed E-state index contributed by atoms with van der Waals surface area (Å²) < 4.78 is 32.4. The van der Waals surface area contributed by atoms with Crippen molar-refractivity contribution >= 4 is 33.2 Å². The van der Waals surface area contributed by atoms with Crippen LogP contribution in [0.5, 0.6) is 5.75 Å². The van der Waals surface area contributed by atoms with Crippen LogP contribution in [-0.2, 0) is 14.8 Å². The minimum atomic E-state index is -3.70. The van der Waals surface area contributed by atoms with Gasteiger partial charge in [-0.15, -0.1) is 0 Å². The highest BCUT2D eigenvalue weighted by Gasteiger charge is 2.39. The van der Waals surface area contributed by atoms with Gasteiger partial charge in [0, 0.05) is 17.0 Å². The van der Waals surface area contributed by atoms with E-state index in [2.05, 4.69) is 19.2 Å². The standard InChI is InChI=1S/C23H29ClN2O4S/c1-5-23(6-2)14-19(17-10-7-8-13-21(17)30-23)25-22(27)15-26(31(4,28)29)20-12-9-11-18(24)16(20)3/h7-13,19H,5-6,14-15H2,1-4H3,(H,25,27). The van der Waals surface area contributed by atoms with Crippen LogP contribution in [0.4, 0.5) is 5.69 Å². The average Bonchev–Trinajstić information content (AvgIpc) is 2.73. The quantitative estimate of drug-likeness (QED) is 0.649. The van der Waals surface area contributed by atoms with Gasteiger partial charge in [0.2, 0.25) is 15.9 Å². The van der Waals surface area contributed by atoms with E-state index in [0.717, 1.165) is 34.7 Å². The number of nitrogens with one attached hydrogen (secondary N) is 1. The molecule has 31 heavy (non-hydrogen) atoms. The van der Waals surface area contributed by atoms with Gasteiger partial charge >= 0.3 is 0 Å². The second-order valence-corrected chi connectivity index (χ2v) is 10.3. The van der Waals surface area contributed by atoms with E-state index in [1.54, 1.807) is 25.1 Å². The van der Waals surface area contributed by atoms with Gasteiger partial charge in [0.25, 0.3) is 0 Å². The Morgan fingerprint density at radius 2 is 1.87 bits per heavy atom. The molecule has 2 aromatic rings. The van der Waals surface area contributed by atoms with Gasteiger partial charge in [0.05, 0.1) is 18.0 Å². The lowest BCUT2D eigenvalue weighted by atomic mass is 9.83. The minimum absolute atomic E-state index is 0.265. The van der Waals surface area contributed by atoms with Crippen LogP contribution in [0, 0.1) is 6.92 Å². The topological polar surface area (TPSA) is 75.7 Å². The molecule has 8 heteroatoms. The second-order valence-electron chi connectivity index (χ2n) is 8.01. The van der Waals surface area contributed by atoms with Gasteiger partial charge in [-0.2, -0.15) is 0 Å². The van der Waals surface area contributed by atoms with Crippen molar-refractivity contribution < 1.29 is 17.9 Å². The molecular formula is C23H29ClN2O4S. The lowest BCUT2D eigenvalue weighted by Crippen LogP contribution is -2.47. The van der Waals surface area contributed by atoms with Crippen molar-refractivity contribution in [1.29, 1.82) is 0 Å². The maximum absolute atomic E-state index is 13.0. The summed E-state index contributed by atoms with van der Waals surface area (Å²) in [5, 5.41) is 3.49. The maximum atomic E-state index is 13.0. The number of fused-ring (bicyclic) bond motifs is 1. The maximum Gasteiger partial charge on any atom is 0.241 e. The highest BCUT2D eigenvalue weighted by molar-refractivity contribution is 7.92. The molecule has 2 aromatic carbocycles. The van der Waals surface area contributed by atoms with E-state index >= 15 is 0 Å². The van der Waals surface area contributed by atoms with E-state index in [-0.39, 0.29) is 24.1 Å². The van der Waals surface area contributed by atoms with Gasteiger partial charge in [-0.05, 0) is 43.5 Å². The number of benzene rings is 2. The first-order valence-corrected chi connectivity index (χ1v) is 12.6. The largest absolute Gasteiger partial charge is 0.487 e. The van der Waals surface area contributed by atoms with Crippen LogP contribution in [0.3, 0.4) is 0 Å². The first kappa shape index (κ1) is 23.4. The number of para-hydroxylation sites is 1. The molecule has 168 valence electrons. The van der Waals surface area contributed by atoms with Crippen LogP contribution in [0.15, 0.2) is 42.5 Å². The molecule has 0 bridgehead atoms. The van der Waals surface area contributed by atoms with Gasteiger partial charge in [-0.3, -0.25) is 9.10 Å². The second kappa shape index (κ2) is 9.09. The van der Waals surface area contributed by atoms with Gasteiger partial charge < -0.3 is 10.1 Å². The number of ether oxygens (including phenoxy) is 1. The summed E-state index contributed by atoms with van der Waals surface area (Å²) in [6, 6.07) is 12.4. The molecule has 1 unspecified atom stereocenters. The summed E-state index contributed by atoms with van der Waals surface area (Å²) >= 11 is 6.18.